The molecule has 0 bridgehead atoms. The van der Waals surface area contributed by atoms with E-state index in [0.29, 0.717) is 12.0 Å². The normalized spacial score (nSPS) is 23.2. The zero-order valence-corrected chi connectivity index (χ0v) is 10.3. The van der Waals surface area contributed by atoms with Crippen molar-refractivity contribution in [1.29, 1.82) is 0 Å². The van der Waals surface area contributed by atoms with E-state index >= 15 is 0 Å². The Bertz CT molecular complexity index is 424. The largest absolute Gasteiger partial charge is 0.323 e. The van der Waals surface area contributed by atoms with Gasteiger partial charge in [-0.2, -0.15) is 5.10 Å². The predicted molar refractivity (Wildman–Crippen MR) is 69.3 cm³/mol. The summed E-state index contributed by atoms with van der Waals surface area (Å²) in [7, 11) is 0. The number of rotatable bonds is 2. The smallest absolute Gasteiger partial charge is 0.233 e. The van der Waals surface area contributed by atoms with Crippen LogP contribution < -0.4 is 5.01 Å². The molecule has 0 saturated carbocycles. The molecule has 0 aromatic heterocycles. The minimum Gasteiger partial charge on any atom is -0.323 e. The van der Waals surface area contributed by atoms with Crippen molar-refractivity contribution in [2.45, 2.75) is 32.7 Å². The summed E-state index contributed by atoms with van der Waals surface area (Å²) in [5, 5.41) is 6.48. The molecule has 0 unspecified atom stereocenters. The van der Waals surface area contributed by atoms with Gasteiger partial charge in [0.1, 0.15) is 5.84 Å². The summed E-state index contributed by atoms with van der Waals surface area (Å²) >= 11 is 0. The minimum atomic E-state index is 0.558. The third-order valence-electron chi connectivity index (χ3n) is 3.46. The number of hydrogen-bond acceptors (Lipinski definition) is 3. The van der Waals surface area contributed by atoms with E-state index in [1.165, 1.54) is 6.42 Å². The van der Waals surface area contributed by atoms with Crippen LogP contribution in [0.4, 0.5) is 5.69 Å². The van der Waals surface area contributed by atoms with Gasteiger partial charge < -0.3 is 4.90 Å². The Hall–Kier alpha value is -1.51. The molecule has 2 heterocycles. The Balaban J connectivity index is 1.81. The molecular formula is C14H17N3. The third kappa shape index (κ3) is 1.79. The molecule has 1 fully saturated rings. The first kappa shape index (κ1) is 10.6. The van der Waals surface area contributed by atoms with Crippen molar-refractivity contribution in [2.24, 2.45) is 11.0 Å². The number of hydrazone groups is 1. The van der Waals surface area contributed by atoms with Gasteiger partial charge in [-0.05, 0) is 24.5 Å². The van der Waals surface area contributed by atoms with E-state index in [1.54, 1.807) is 0 Å². The lowest BCUT2D eigenvalue weighted by molar-refractivity contribution is 0.313. The molecule has 88 valence electrons. The summed E-state index contributed by atoms with van der Waals surface area (Å²) in [6, 6.07) is 10.8. The van der Waals surface area contributed by atoms with Crippen molar-refractivity contribution in [2.75, 3.05) is 5.01 Å². The van der Waals surface area contributed by atoms with Crippen LogP contribution in [0.15, 0.2) is 35.4 Å². The fourth-order valence-electron chi connectivity index (χ4n) is 2.50. The van der Waals surface area contributed by atoms with Crippen LogP contribution >= 0.6 is 0 Å². The van der Waals surface area contributed by atoms with Gasteiger partial charge in [0.15, 0.2) is 0 Å². The Kier molecular flexibility index (Phi) is 2.54. The standard InChI is InChI=1S/C14H17N3/c1-11(2)13-8-9-14-15-17(10-16(13)14)12-6-4-3-5-7-12/h3-7,11,13H,8-9H2,1-2H3/t13-/m1/s1. The summed E-state index contributed by atoms with van der Waals surface area (Å²) in [5.41, 5.74) is 1.08. The van der Waals surface area contributed by atoms with Gasteiger partial charge in [-0.3, -0.25) is 0 Å². The maximum atomic E-state index is 4.62. The molecule has 0 N–H and O–H groups in total. The first-order chi connectivity index (χ1) is 8.25. The minimum absolute atomic E-state index is 0.558. The number of para-hydroxylation sites is 1. The number of hydrogen-bond donors (Lipinski definition) is 0. The van der Waals surface area contributed by atoms with Gasteiger partial charge in [0.25, 0.3) is 0 Å². The SMILES string of the molecule is CC(C)[C@H]1CCC2=NN(c3ccccc3)[C]N21. The second-order valence-corrected chi connectivity index (χ2v) is 4.98. The molecule has 1 saturated heterocycles. The first-order valence-corrected chi connectivity index (χ1v) is 6.24. The van der Waals surface area contributed by atoms with Crippen LogP contribution in [0.3, 0.4) is 0 Å². The van der Waals surface area contributed by atoms with Crippen LogP contribution in [0, 0.1) is 12.6 Å². The van der Waals surface area contributed by atoms with Gasteiger partial charge in [0, 0.05) is 12.5 Å². The molecule has 3 rings (SSSR count). The zero-order valence-electron chi connectivity index (χ0n) is 10.3. The summed E-state index contributed by atoms with van der Waals surface area (Å²) in [4.78, 5) is 2.22. The molecule has 2 radical (unpaired) electrons. The average Bonchev–Trinajstić information content (AvgIpc) is 2.88. The lowest BCUT2D eigenvalue weighted by atomic mass is 10.0. The summed E-state index contributed by atoms with van der Waals surface area (Å²) in [6.07, 6.45) is 2.27. The Morgan fingerprint density at radius 3 is 2.76 bits per heavy atom. The third-order valence-corrected chi connectivity index (χ3v) is 3.46. The highest BCUT2D eigenvalue weighted by molar-refractivity contribution is 5.88. The number of anilines is 1. The summed E-state index contributed by atoms with van der Waals surface area (Å²) < 4.78 is 0. The van der Waals surface area contributed by atoms with Gasteiger partial charge in [0.2, 0.25) is 6.67 Å². The predicted octanol–water partition coefficient (Wildman–Crippen LogP) is 2.94. The molecule has 2 aliphatic heterocycles. The molecule has 1 atom stereocenters. The van der Waals surface area contributed by atoms with Gasteiger partial charge in [-0.1, -0.05) is 32.0 Å². The first-order valence-electron chi connectivity index (χ1n) is 6.24. The highest BCUT2D eigenvalue weighted by atomic mass is 15.6. The molecule has 2 aliphatic rings. The maximum absolute atomic E-state index is 4.62. The topological polar surface area (TPSA) is 18.8 Å². The Labute approximate surface area is 103 Å². The number of nitrogens with zero attached hydrogens (tertiary/aromatic N) is 3. The van der Waals surface area contributed by atoms with Crippen LogP contribution in [0.1, 0.15) is 26.7 Å². The maximum Gasteiger partial charge on any atom is 0.233 e. The van der Waals surface area contributed by atoms with Crippen LogP contribution in [0.25, 0.3) is 0 Å². The van der Waals surface area contributed by atoms with E-state index < -0.39 is 0 Å². The lowest BCUT2D eigenvalue weighted by Gasteiger charge is -2.25. The van der Waals surface area contributed by atoms with Gasteiger partial charge in [-0.15, -0.1) is 0 Å². The fourth-order valence-corrected chi connectivity index (χ4v) is 2.50. The molecule has 0 spiro atoms. The molecule has 1 aromatic carbocycles. The lowest BCUT2D eigenvalue weighted by Crippen LogP contribution is -2.33. The number of fused-ring (bicyclic) bond motifs is 1. The molecule has 3 nitrogen and oxygen atoms in total. The number of amidine groups is 1. The monoisotopic (exact) mass is 227 g/mol. The van der Waals surface area contributed by atoms with E-state index in [4.69, 9.17) is 0 Å². The van der Waals surface area contributed by atoms with E-state index in [1.807, 2.05) is 23.2 Å². The Morgan fingerprint density at radius 2 is 2.06 bits per heavy atom. The highest BCUT2D eigenvalue weighted by Gasteiger charge is 2.38. The van der Waals surface area contributed by atoms with Crippen molar-refractivity contribution in [1.82, 2.24) is 4.90 Å². The van der Waals surface area contributed by atoms with E-state index in [9.17, 15) is 0 Å². The molecule has 0 aliphatic carbocycles. The van der Waals surface area contributed by atoms with Gasteiger partial charge in [-0.25, -0.2) is 5.01 Å². The Morgan fingerprint density at radius 1 is 1.29 bits per heavy atom. The van der Waals surface area contributed by atoms with Crippen LogP contribution in [-0.4, -0.2) is 16.8 Å². The number of benzene rings is 1. The van der Waals surface area contributed by atoms with E-state index in [0.717, 1.165) is 17.9 Å². The second kappa shape index (κ2) is 4.06. The van der Waals surface area contributed by atoms with Crippen molar-refractivity contribution in [3.05, 3.63) is 37.0 Å². The van der Waals surface area contributed by atoms with Crippen LogP contribution in [0.5, 0.6) is 0 Å². The highest BCUT2D eigenvalue weighted by Crippen LogP contribution is 2.33. The molecule has 17 heavy (non-hydrogen) atoms. The van der Waals surface area contributed by atoms with Crippen molar-refractivity contribution >= 4 is 11.5 Å². The van der Waals surface area contributed by atoms with E-state index in [2.05, 4.69) is 42.7 Å². The second-order valence-electron chi connectivity index (χ2n) is 4.98. The molecular weight excluding hydrogens is 210 g/mol. The van der Waals surface area contributed by atoms with Crippen molar-refractivity contribution in [3.8, 4) is 0 Å². The average molecular weight is 227 g/mol. The molecule has 0 amide bonds. The molecule has 1 aromatic rings. The van der Waals surface area contributed by atoms with Gasteiger partial charge in [0.05, 0.1) is 5.69 Å². The fraction of sp³-hybridized carbons (Fsp3) is 0.429. The summed E-state index contributed by atoms with van der Waals surface area (Å²) in [6.45, 7) is 7.89. The van der Waals surface area contributed by atoms with Crippen molar-refractivity contribution < 1.29 is 0 Å². The zero-order chi connectivity index (χ0) is 11.8. The van der Waals surface area contributed by atoms with Crippen molar-refractivity contribution in [3.63, 3.8) is 0 Å². The van der Waals surface area contributed by atoms with Gasteiger partial charge >= 0.3 is 0 Å². The van der Waals surface area contributed by atoms with E-state index in [-0.39, 0.29) is 0 Å². The summed E-state index contributed by atoms with van der Waals surface area (Å²) in [5.74, 6) is 1.80. The molecule has 3 heteroatoms. The van der Waals surface area contributed by atoms with Crippen LogP contribution in [0.2, 0.25) is 0 Å². The van der Waals surface area contributed by atoms with Crippen LogP contribution in [-0.2, 0) is 0 Å². The quantitative estimate of drug-likeness (QED) is 0.773.